The minimum atomic E-state index is -3.67. The second kappa shape index (κ2) is 12.8. The third-order valence-corrected chi connectivity index (χ3v) is 9.25. The molecule has 1 fully saturated rings. The maximum absolute atomic E-state index is 13.6. The summed E-state index contributed by atoms with van der Waals surface area (Å²) in [5.74, 6) is 0.551. The monoisotopic (exact) mass is 563 g/mol. The normalized spacial score (nSPS) is 13.8. The Balaban J connectivity index is 1.52. The van der Waals surface area contributed by atoms with Crippen molar-refractivity contribution in [2.24, 2.45) is 0 Å². The summed E-state index contributed by atoms with van der Waals surface area (Å²) in [5, 5.41) is 0. The fraction of sp³-hybridized carbons (Fsp3) is 0.406. The van der Waals surface area contributed by atoms with E-state index in [0.29, 0.717) is 31.7 Å². The Kier molecular flexibility index (Phi) is 9.40. The van der Waals surface area contributed by atoms with Crippen LogP contribution in [0.15, 0.2) is 65.6 Å². The van der Waals surface area contributed by atoms with E-state index in [9.17, 15) is 13.2 Å². The van der Waals surface area contributed by atoms with Crippen LogP contribution >= 0.6 is 0 Å². The van der Waals surface area contributed by atoms with Crippen molar-refractivity contribution in [3.05, 3.63) is 82.9 Å². The molecule has 3 aromatic rings. The van der Waals surface area contributed by atoms with Crippen molar-refractivity contribution in [3.8, 4) is 5.75 Å². The highest BCUT2D eigenvalue weighted by atomic mass is 32.2. The zero-order valence-corrected chi connectivity index (χ0v) is 25.1. The highest BCUT2D eigenvalue weighted by Gasteiger charge is 2.26. The van der Waals surface area contributed by atoms with Crippen molar-refractivity contribution in [1.82, 2.24) is 4.90 Å². The van der Waals surface area contributed by atoms with Crippen LogP contribution in [-0.4, -0.2) is 66.6 Å². The largest absolute Gasteiger partial charge is 0.495 e. The number of carbonyl (C=O) groups excluding carboxylic acids is 1. The summed E-state index contributed by atoms with van der Waals surface area (Å²) < 4.78 is 32.7. The SMILES string of the molecule is CCCCc1ccc(CS(=O)(=O)c2ccc(C)c(C(=O)N3CCN(c4ccccc4OC)CC3)c2)c(N(C)C)c1. The van der Waals surface area contributed by atoms with E-state index in [1.54, 1.807) is 25.3 Å². The number of unbranched alkanes of at least 4 members (excludes halogenated alkanes) is 1. The summed E-state index contributed by atoms with van der Waals surface area (Å²) in [6.45, 7) is 6.45. The topological polar surface area (TPSA) is 70.2 Å². The number of ether oxygens (including phenoxy) is 1. The number of methoxy groups -OCH3 is 1. The molecule has 0 unspecified atom stereocenters. The molecule has 1 saturated heterocycles. The fourth-order valence-electron chi connectivity index (χ4n) is 5.21. The third kappa shape index (κ3) is 6.61. The molecule has 7 nitrogen and oxygen atoms in total. The molecule has 0 saturated carbocycles. The Morgan fingerprint density at radius 1 is 0.975 bits per heavy atom. The molecule has 1 heterocycles. The molecule has 214 valence electrons. The summed E-state index contributed by atoms with van der Waals surface area (Å²) in [4.78, 5) is 19.7. The Morgan fingerprint density at radius 2 is 1.70 bits per heavy atom. The lowest BCUT2D eigenvalue weighted by molar-refractivity contribution is 0.0745. The van der Waals surface area contributed by atoms with Crippen LogP contribution in [0, 0.1) is 6.92 Å². The molecular formula is C32H41N3O4S. The molecule has 0 radical (unpaired) electrons. The van der Waals surface area contributed by atoms with Crippen LogP contribution in [-0.2, 0) is 22.0 Å². The van der Waals surface area contributed by atoms with Crippen molar-refractivity contribution < 1.29 is 17.9 Å². The third-order valence-electron chi connectivity index (χ3n) is 7.59. The number of benzene rings is 3. The summed E-state index contributed by atoms with van der Waals surface area (Å²) in [5.41, 5.74) is 5.09. The number of carbonyl (C=O) groups is 1. The van der Waals surface area contributed by atoms with Crippen LogP contribution in [0.1, 0.15) is 46.8 Å². The average Bonchev–Trinajstić information content (AvgIpc) is 2.96. The number of hydrogen-bond donors (Lipinski definition) is 0. The molecule has 0 aliphatic carbocycles. The van der Waals surface area contributed by atoms with Gasteiger partial charge in [0.15, 0.2) is 9.84 Å². The van der Waals surface area contributed by atoms with Crippen LogP contribution in [0.25, 0.3) is 0 Å². The Bertz CT molecular complexity index is 1440. The van der Waals surface area contributed by atoms with Gasteiger partial charge in [0.05, 0.1) is 23.4 Å². The van der Waals surface area contributed by atoms with Gasteiger partial charge in [-0.2, -0.15) is 0 Å². The Labute approximate surface area is 239 Å². The standard InChI is InChI=1S/C32H41N3O4S/c1-6-7-10-25-14-15-26(30(21-25)33(3)4)23-40(37,38)27-16-13-24(2)28(22-27)32(36)35-19-17-34(18-20-35)29-11-8-9-12-31(29)39-5/h8-9,11-16,21-22H,6-7,10,17-20,23H2,1-5H3. The number of para-hydroxylation sites is 2. The second-order valence-corrected chi connectivity index (χ2v) is 12.6. The first-order valence-electron chi connectivity index (χ1n) is 13.9. The molecule has 1 amide bonds. The molecule has 0 spiro atoms. The molecule has 1 aliphatic heterocycles. The van der Waals surface area contributed by atoms with Gasteiger partial charge in [-0.3, -0.25) is 4.79 Å². The van der Waals surface area contributed by atoms with Gasteiger partial charge in [-0.05, 0) is 66.8 Å². The number of piperazine rings is 1. The first-order valence-corrected chi connectivity index (χ1v) is 15.6. The van der Waals surface area contributed by atoms with Crippen molar-refractivity contribution in [2.75, 3.05) is 57.2 Å². The van der Waals surface area contributed by atoms with Crippen LogP contribution in [0.4, 0.5) is 11.4 Å². The lowest BCUT2D eigenvalue weighted by Crippen LogP contribution is -2.49. The Hall–Kier alpha value is -3.52. The number of aryl methyl sites for hydroxylation is 2. The molecule has 0 N–H and O–H groups in total. The molecule has 0 atom stereocenters. The maximum atomic E-state index is 13.6. The van der Waals surface area contributed by atoms with E-state index in [2.05, 4.69) is 17.9 Å². The van der Waals surface area contributed by atoms with Crippen LogP contribution in [0.3, 0.4) is 0 Å². The van der Waals surface area contributed by atoms with E-state index in [4.69, 9.17) is 4.74 Å². The Morgan fingerprint density at radius 3 is 2.38 bits per heavy atom. The molecular weight excluding hydrogens is 522 g/mol. The van der Waals surface area contributed by atoms with Gasteiger partial charge in [-0.25, -0.2) is 8.42 Å². The zero-order valence-electron chi connectivity index (χ0n) is 24.3. The zero-order chi connectivity index (χ0) is 28.9. The van der Waals surface area contributed by atoms with Crippen LogP contribution in [0.2, 0.25) is 0 Å². The van der Waals surface area contributed by atoms with Gasteiger partial charge >= 0.3 is 0 Å². The number of hydrogen-bond acceptors (Lipinski definition) is 6. The minimum absolute atomic E-state index is 0.122. The lowest BCUT2D eigenvalue weighted by atomic mass is 10.0. The minimum Gasteiger partial charge on any atom is -0.495 e. The summed E-state index contributed by atoms with van der Waals surface area (Å²) >= 11 is 0. The molecule has 8 heteroatoms. The first-order chi connectivity index (χ1) is 19.1. The molecule has 4 rings (SSSR count). The summed E-state index contributed by atoms with van der Waals surface area (Å²) in [7, 11) is 1.86. The molecule has 1 aliphatic rings. The number of nitrogens with zero attached hydrogens (tertiary/aromatic N) is 3. The van der Waals surface area contributed by atoms with Gasteiger partial charge in [-0.15, -0.1) is 0 Å². The van der Waals surface area contributed by atoms with Gasteiger partial charge in [0.25, 0.3) is 5.91 Å². The van der Waals surface area contributed by atoms with Crippen molar-refractivity contribution in [2.45, 2.75) is 43.8 Å². The molecule has 40 heavy (non-hydrogen) atoms. The van der Waals surface area contributed by atoms with Gasteiger partial charge in [0.2, 0.25) is 0 Å². The van der Waals surface area contributed by atoms with E-state index in [0.717, 1.165) is 47.5 Å². The lowest BCUT2D eigenvalue weighted by Gasteiger charge is -2.36. The van der Waals surface area contributed by atoms with E-state index in [-0.39, 0.29) is 16.6 Å². The molecule has 0 aromatic heterocycles. The average molecular weight is 564 g/mol. The quantitative estimate of drug-likeness (QED) is 0.331. The van der Waals surface area contributed by atoms with Gasteiger partial charge in [-0.1, -0.05) is 43.7 Å². The van der Waals surface area contributed by atoms with E-state index in [1.807, 2.05) is 67.2 Å². The second-order valence-electron chi connectivity index (χ2n) is 10.6. The highest BCUT2D eigenvalue weighted by Crippen LogP contribution is 2.30. The number of anilines is 2. The van der Waals surface area contributed by atoms with Crippen molar-refractivity contribution in [3.63, 3.8) is 0 Å². The van der Waals surface area contributed by atoms with Gasteiger partial charge < -0.3 is 19.4 Å². The summed E-state index contributed by atoms with van der Waals surface area (Å²) in [6.07, 6.45) is 3.18. The van der Waals surface area contributed by atoms with E-state index in [1.165, 1.54) is 5.56 Å². The van der Waals surface area contributed by atoms with Crippen molar-refractivity contribution in [1.29, 1.82) is 0 Å². The molecule has 0 bridgehead atoms. The predicted molar refractivity (Wildman–Crippen MR) is 163 cm³/mol. The number of sulfone groups is 1. The van der Waals surface area contributed by atoms with Crippen LogP contribution in [0.5, 0.6) is 5.75 Å². The van der Waals surface area contributed by atoms with Crippen molar-refractivity contribution >= 4 is 27.1 Å². The highest BCUT2D eigenvalue weighted by molar-refractivity contribution is 7.90. The van der Waals surface area contributed by atoms with Crippen LogP contribution < -0.4 is 14.5 Å². The predicted octanol–water partition coefficient (Wildman–Crippen LogP) is 5.35. The smallest absolute Gasteiger partial charge is 0.254 e. The van der Waals surface area contributed by atoms with E-state index < -0.39 is 9.84 Å². The summed E-state index contributed by atoms with van der Waals surface area (Å²) in [6, 6.07) is 18.8. The number of amides is 1. The first kappa shape index (κ1) is 29.5. The molecule has 3 aromatic carbocycles. The maximum Gasteiger partial charge on any atom is 0.254 e. The fourth-order valence-corrected chi connectivity index (χ4v) is 6.60. The van der Waals surface area contributed by atoms with Gasteiger partial charge in [0.1, 0.15) is 5.75 Å². The van der Waals surface area contributed by atoms with E-state index >= 15 is 0 Å². The number of rotatable bonds is 10. The van der Waals surface area contributed by atoms with Gasteiger partial charge in [0, 0.05) is 51.5 Å².